The molecule has 0 radical (unpaired) electrons. The van der Waals surface area contributed by atoms with Gasteiger partial charge in [-0.2, -0.15) is 0 Å². The van der Waals surface area contributed by atoms with Crippen LogP contribution < -0.4 is 0 Å². The third-order valence-electron chi connectivity index (χ3n) is 2.67. The number of hydrogen-bond acceptors (Lipinski definition) is 3. The van der Waals surface area contributed by atoms with Gasteiger partial charge in [-0.15, -0.1) is 0 Å². The molecule has 5 heteroatoms. The Kier molecular flexibility index (Phi) is 3.69. The largest absolute Gasteiger partial charge is 0.444 e. The van der Waals surface area contributed by atoms with Crippen molar-refractivity contribution in [2.24, 2.45) is 0 Å². The fraction of sp³-hybridized carbons (Fsp3) is 0.909. The molecular formula is C11H23NO3Si. The van der Waals surface area contributed by atoms with Crippen molar-refractivity contribution in [3.8, 4) is 0 Å². The van der Waals surface area contributed by atoms with E-state index in [1.165, 1.54) is 0 Å². The lowest BCUT2D eigenvalue weighted by atomic mass is 10.2. The van der Waals surface area contributed by atoms with Gasteiger partial charge in [-0.3, -0.25) is 0 Å². The summed E-state index contributed by atoms with van der Waals surface area (Å²) in [6, 6.07) is 0.916. The summed E-state index contributed by atoms with van der Waals surface area (Å²) in [5.41, 5.74) is -0.467. The van der Waals surface area contributed by atoms with Crippen LogP contribution >= 0.6 is 0 Å². The van der Waals surface area contributed by atoms with Crippen LogP contribution in [0.3, 0.4) is 0 Å². The Morgan fingerprint density at radius 2 is 2.06 bits per heavy atom. The summed E-state index contributed by atoms with van der Waals surface area (Å²) >= 11 is 0. The molecule has 1 amide bonds. The molecular weight excluding hydrogens is 222 g/mol. The highest BCUT2D eigenvalue weighted by Gasteiger charge is 2.42. The molecule has 0 aromatic heterocycles. The van der Waals surface area contributed by atoms with Crippen LogP contribution in [0.15, 0.2) is 0 Å². The minimum atomic E-state index is -1.36. The van der Waals surface area contributed by atoms with Crippen LogP contribution in [0.1, 0.15) is 20.8 Å². The van der Waals surface area contributed by atoms with Gasteiger partial charge < -0.3 is 14.7 Å². The summed E-state index contributed by atoms with van der Waals surface area (Å²) < 4.78 is 5.35. The number of rotatable bonds is 1. The Morgan fingerprint density at radius 3 is 2.50 bits per heavy atom. The molecule has 1 fully saturated rings. The van der Waals surface area contributed by atoms with Gasteiger partial charge in [-0.05, 0) is 26.8 Å². The zero-order valence-electron chi connectivity index (χ0n) is 10.9. The summed E-state index contributed by atoms with van der Waals surface area (Å²) in [6.45, 7) is 10.1. The van der Waals surface area contributed by atoms with Gasteiger partial charge >= 0.3 is 6.09 Å². The summed E-state index contributed by atoms with van der Waals surface area (Å²) in [6.07, 6.45) is 0.497. The molecule has 0 aromatic carbocycles. The topological polar surface area (TPSA) is 49.8 Å². The Balaban J connectivity index is 2.69. The molecule has 1 unspecified atom stereocenters. The van der Waals surface area contributed by atoms with Crippen molar-refractivity contribution < 1.29 is 14.6 Å². The Bertz CT molecular complexity index is 273. The van der Waals surface area contributed by atoms with E-state index in [0.29, 0.717) is 0 Å². The lowest BCUT2D eigenvalue weighted by molar-refractivity contribution is 0.0187. The van der Waals surface area contributed by atoms with E-state index in [9.17, 15) is 9.90 Å². The normalized spacial score (nSPS) is 24.6. The summed E-state index contributed by atoms with van der Waals surface area (Å²) in [4.78, 5) is 13.6. The average molecular weight is 245 g/mol. The molecule has 1 heterocycles. The van der Waals surface area contributed by atoms with Crippen molar-refractivity contribution in [2.75, 3.05) is 12.8 Å². The number of hydrogen-bond donors (Lipinski definition) is 1. The van der Waals surface area contributed by atoms with Crippen molar-refractivity contribution in [3.63, 3.8) is 0 Å². The monoisotopic (exact) mass is 245 g/mol. The zero-order valence-corrected chi connectivity index (χ0v) is 11.9. The first-order valence-corrected chi connectivity index (χ1v) is 9.16. The van der Waals surface area contributed by atoms with Crippen LogP contribution in [0, 0.1) is 0 Å². The second-order valence-corrected chi connectivity index (χ2v) is 11.4. The van der Waals surface area contributed by atoms with Gasteiger partial charge in [0.2, 0.25) is 0 Å². The minimum Gasteiger partial charge on any atom is -0.444 e. The Hall–Kier alpha value is -0.553. The minimum absolute atomic E-state index is 0.0374. The Morgan fingerprint density at radius 1 is 1.50 bits per heavy atom. The van der Waals surface area contributed by atoms with Crippen molar-refractivity contribution in [1.29, 1.82) is 0 Å². The molecule has 0 aliphatic carbocycles. The fourth-order valence-corrected chi connectivity index (χ4v) is 5.16. The average Bonchev–Trinajstić information content (AvgIpc) is 2.38. The molecule has 1 aliphatic heterocycles. The molecule has 1 aliphatic rings. The first-order chi connectivity index (χ1) is 7.14. The molecule has 0 saturated carbocycles. The predicted octanol–water partition coefficient (Wildman–Crippen LogP) is 1.85. The number of nitrogens with zero attached hydrogens (tertiary/aromatic N) is 1. The number of ether oxygens (including phenoxy) is 1. The van der Waals surface area contributed by atoms with Crippen molar-refractivity contribution >= 4 is 14.2 Å². The predicted molar refractivity (Wildman–Crippen MR) is 66.1 cm³/mol. The van der Waals surface area contributed by atoms with E-state index >= 15 is 0 Å². The highest BCUT2D eigenvalue weighted by atomic mass is 28.3. The van der Waals surface area contributed by atoms with Gasteiger partial charge in [0.1, 0.15) is 5.60 Å². The van der Waals surface area contributed by atoms with Gasteiger partial charge in [0.15, 0.2) is 0 Å². The SMILES string of the molecule is CC(C)(C)OC(=O)N1C[Si](C)(C)CC1CO. The molecule has 1 atom stereocenters. The van der Waals surface area contributed by atoms with E-state index in [2.05, 4.69) is 13.1 Å². The van der Waals surface area contributed by atoms with Gasteiger partial charge in [0.05, 0.1) is 20.7 Å². The molecule has 0 aromatic rings. The number of carbonyl (C=O) groups excluding carboxylic acids is 1. The lowest BCUT2D eigenvalue weighted by Crippen LogP contribution is -2.42. The lowest BCUT2D eigenvalue weighted by Gasteiger charge is -2.28. The van der Waals surface area contributed by atoms with Gasteiger partial charge in [-0.1, -0.05) is 13.1 Å². The zero-order chi connectivity index (χ0) is 12.6. The van der Waals surface area contributed by atoms with Gasteiger partial charge in [0, 0.05) is 6.17 Å². The van der Waals surface area contributed by atoms with E-state index in [1.54, 1.807) is 4.90 Å². The molecule has 0 bridgehead atoms. The summed E-state index contributed by atoms with van der Waals surface area (Å²) in [5, 5.41) is 9.29. The maximum atomic E-state index is 11.9. The second kappa shape index (κ2) is 4.37. The maximum Gasteiger partial charge on any atom is 0.410 e. The number of aliphatic hydroxyl groups excluding tert-OH is 1. The van der Waals surface area contributed by atoms with Crippen molar-refractivity contribution in [2.45, 2.75) is 51.6 Å². The van der Waals surface area contributed by atoms with Crippen molar-refractivity contribution in [1.82, 2.24) is 4.90 Å². The molecule has 94 valence electrons. The van der Waals surface area contributed by atoms with Crippen LogP contribution in [0.2, 0.25) is 19.1 Å². The van der Waals surface area contributed by atoms with E-state index in [1.807, 2.05) is 20.8 Å². The highest BCUT2D eigenvalue weighted by Crippen LogP contribution is 2.27. The second-order valence-electron chi connectivity index (χ2n) is 6.31. The van der Waals surface area contributed by atoms with Crippen LogP contribution in [0.4, 0.5) is 4.79 Å². The fourth-order valence-electron chi connectivity index (χ4n) is 2.10. The summed E-state index contributed by atoms with van der Waals surface area (Å²) in [5.74, 6) is 0. The molecule has 0 spiro atoms. The standard InChI is InChI=1S/C11H23NO3Si/c1-11(2,3)15-10(14)12-8-16(4,5)7-9(12)6-13/h9,13H,6-8H2,1-5H3. The van der Waals surface area contributed by atoms with Crippen LogP contribution in [-0.2, 0) is 4.74 Å². The molecule has 4 nitrogen and oxygen atoms in total. The van der Waals surface area contributed by atoms with Gasteiger partial charge in [0.25, 0.3) is 0 Å². The van der Waals surface area contributed by atoms with Crippen LogP contribution in [0.5, 0.6) is 0 Å². The first-order valence-electron chi connectivity index (χ1n) is 5.75. The third kappa shape index (κ3) is 3.49. The highest BCUT2D eigenvalue weighted by molar-refractivity contribution is 6.78. The van der Waals surface area contributed by atoms with E-state index in [0.717, 1.165) is 12.2 Å². The molecule has 16 heavy (non-hydrogen) atoms. The first kappa shape index (κ1) is 13.5. The van der Waals surface area contributed by atoms with Crippen LogP contribution in [-0.4, -0.2) is 48.6 Å². The van der Waals surface area contributed by atoms with E-state index in [4.69, 9.17) is 4.74 Å². The van der Waals surface area contributed by atoms with Crippen molar-refractivity contribution in [3.05, 3.63) is 0 Å². The maximum absolute atomic E-state index is 11.9. The molecule has 1 rings (SSSR count). The quantitative estimate of drug-likeness (QED) is 0.717. The third-order valence-corrected chi connectivity index (χ3v) is 5.44. The smallest absolute Gasteiger partial charge is 0.410 e. The number of amides is 1. The molecule has 1 N–H and O–H groups in total. The van der Waals surface area contributed by atoms with Crippen LogP contribution in [0.25, 0.3) is 0 Å². The number of aliphatic hydroxyl groups is 1. The van der Waals surface area contributed by atoms with E-state index in [-0.39, 0.29) is 18.7 Å². The molecule has 1 saturated heterocycles. The Labute approximate surface area is 98.6 Å². The number of carbonyl (C=O) groups is 1. The van der Waals surface area contributed by atoms with E-state index < -0.39 is 13.7 Å². The van der Waals surface area contributed by atoms with Gasteiger partial charge in [-0.25, -0.2) is 4.79 Å². The summed E-state index contributed by atoms with van der Waals surface area (Å²) in [7, 11) is -1.36.